The zero-order valence-electron chi connectivity index (χ0n) is 11.9. The molecule has 0 spiro atoms. The molecule has 0 amide bonds. The van der Waals surface area contributed by atoms with E-state index in [4.69, 9.17) is 0 Å². The van der Waals surface area contributed by atoms with Crippen molar-refractivity contribution >= 4 is 15.9 Å². The Morgan fingerprint density at radius 3 is 2.72 bits per heavy atom. The normalized spacial score (nSPS) is 24.1. The van der Waals surface area contributed by atoms with Gasteiger partial charge in [-0.25, -0.2) is 0 Å². The summed E-state index contributed by atoms with van der Waals surface area (Å²) in [6.07, 6.45) is 3.63. The number of aryl methyl sites for hydroxylation is 2. The second kappa shape index (κ2) is 5.33. The molecule has 0 aliphatic carbocycles. The number of halogens is 1. The lowest BCUT2D eigenvalue weighted by Crippen LogP contribution is -2.47. The second-order valence-electron chi connectivity index (χ2n) is 5.68. The molecule has 3 nitrogen and oxygen atoms in total. The van der Waals surface area contributed by atoms with Crippen LogP contribution in [0.3, 0.4) is 0 Å². The Hall–Kier alpha value is -0.350. The molecule has 0 bridgehead atoms. The molecule has 0 radical (unpaired) electrons. The molecule has 2 heterocycles. The van der Waals surface area contributed by atoms with Gasteiger partial charge in [0, 0.05) is 18.5 Å². The standard InChI is InChI=1S/C14H24BrN3/c1-5-18-12(13(15)11(4)17-18)9-14(10(2)3)7-6-8-16-14/h10,16H,5-9H2,1-4H3. The van der Waals surface area contributed by atoms with Gasteiger partial charge in [-0.2, -0.15) is 5.10 Å². The van der Waals surface area contributed by atoms with Crippen LogP contribution in [-0.2, 0) is 13.0 Å². The topological polar surface area (TPSA) is 29.9 Å². The zero-order chi connectivity index (χ0) is 13.3. The Morgan fingerprint density at radius 2 is 2.22 bits per heavy atom. The van der Waals surface area contributed by atoms with Gasteiger partial charge in [-0.05, 0) is 55.1 Å². The lowest BCUT2D eigenvalue weighted by Gasteiger charge is -2.34. The van der Waals surface area contributed by atoms with Gasteiger partial charge in [-0.3, -0.25) is 4.68 Å². The van der Waals surface area contributed by atoms with Gasteiger partial charge in [-0.15, -0.1) is 0 Å². The Kier molecular flexibility index (Phi) is 4.17. The third-order valence-electron chi connectivity index (χ3n) is 4.32. The van der Waals surface area contributed by atoms with Crippen LogP contribution in [0.5, 0.6) is 0 Å². The molecular formula is C14H24BrN3. The summed E-state index contributed by atoms with van der Waals surface area (Å²) in [4.78, 5) is 0. The van der Waals surface area contributed by atoms with Crippen LogP contribution in [0.25, 0.3) is 0 Å². The Labute approximate surface area is 118 Å². The first-order chi connectivity index (χ1) is 8.50. The molecule has 18 heavy (non-hydrogen) atoms. The fraction of sp³-hybridized carbons (Fsp3) is 0.786. The molecular weight excluding hydrogens is 290 g/mol. The van der Waals surface area contributed by atoms with Crippen LogP contribution in [-0.4, -0.2) is 21.9 Å². The lowest BCUT2D eigenvalue weighted by atomic mass is 9.81. The Balaban J connectivity index is 2.32. The second-order valence-corrected chi connectivity index (χ2v) is 6.47. The molecule has 1 N–H and O–H groups in total. The third kappa shape index (κ3) is 2.37. The molecule has 1 fully saturated rings. The number of nitrogens with zero attached hydrogens (tertiary/aromatic N) is 2. The molecule has 1 saturated heterocycles. The molecule has 102 valence electrons. The van der Waals surface area contributed by atoms with Gasteiger partial charge < -0.3 is 5.32 Å². The van der Waals surface area contributed by atoms with Crippen LogP contribution in [0.2, 0.25) is 0 Å². The molecule has 0 aromatic carbocycles. The maximum atomic E-state index is 4.60. The minimum Gasteiger partial charge on any atom is -0.311 e. The van der Waals surface area contributed by atoms with Gasteiger partial charge in [0.05, 0.1) is 15.9 Å². The number of rotatable bonds is 4. The zero-order valence-corrected chi connectivity index (χ0v) is 13.5. The summed E-state index contributed by atoms with van der Waals surface area (Å²) in [5.41, 5.74) is 2.70. The summed E-state index contributed by atoms with van der Waals surface area (Å²) >= 11 is 3.71. The van der Waals surface area contributed by atoms with E-state index in [9.17, 15) is 0 Å². The molecule has 1 aliphatic heterocycles. The van der Waals surface area contributed by atoms with E-state index in [-0.39, 0.29) is 5.54 Å². The first-order valence-corrected chi connectivity index (χ1v) is 7.76. The van der Waals surface area contributed by atoms with Crippen molar-refractivity contribution in [2.45, 2.75) is 59.0 Å². The van der Waals surface area contributed by atoms with Gasteiger partial charge in [0.1, 0.15) is 0 Å². The number of hydrogen-bond acceptors (Lipinski definition) is 2. The molecule has 2 rings (SSSR count). The van der Waals surface area contributed by atoms with Gasteiger partial charge in [0.2, 0.25) is 0 Å². The van der Waals surface area contributed by atoms with Crippen molar-refractivity contribution in [3.63, 3.8) is 0 Å². The summed E-state index contributed by atoms with van der Waals surface area (Å²) in [5.74, 6) is 0.646. The van der Waals surface area contributed by atoms with Crippen molar-refractivity contribution in [3.8, 4) is 0 Å². The fourth-order valence-corrected chi connectivity index (χ4v) is 3.44. The largest absolute Gasteiger partial charge is 0.311 e. The van der Waals surface area contributed by atoms with E-state index in [1.165, 1.54) is 23.0 Å². The lowest BCUT2D eigenvalue weighted by molar-refractivity contribution is 0.263. The molecule has 1 atom stereocenters. The van der Waals surface area contributed by atoms with Crippen molar-refractivity contribution in [1.82, 2.24) is 15.1 Å². The van der Waals surface area contributed by atoms with Crippen LogP contribution in [0.1, 0.15) is 45.0 Å². The molecule has 1 unspecified atom stereocenters. The molecule has 1 aliphatic rings. The minimum atomic E-state index is 0.252. The van der Waals surface area contributed by atoms with Crippen molar-refractivity contribution < 1.29 is 0 Å². The van der Waals surface area contributed by atoms with Crippen molar-refractivity contribution in [2.24, 2.45) is 5.92 Å². The van der Waals surface area contributed by atoms with Gasteiger partial charge in [0.15, 0.2) is 0 Å². The summed E-state index contributed by atoms with van der Waals surface area (Å²) in [5, 5.41) is 8.35. The SMILES string of the molecule is CCn1nc(C)c(Br)c1CC1(C(C)C)CCCN1. The van der Waals surface area contributed by atoms with E-state index in [2.05, 4.69) is 58.7 Å². The Bertz CT molecular complexity index is 417. The van der Waals surface area contributed by atoms with Crippen LogP contribution < -0.4 is 5.32 Å². The van der Waals surface area contributed by atoms with E-state index in [1.807, 2.05) is 0 Å². The molecule has 1 aromatic rings. The molecule has 0 saturated carbocycles. The van der Waals surface area contributed by atoms with Crippen LogP contribution in [0, 0.1) is 12.8 Å². The molecule has 4 heteroatoms. The van der Waals surface area contributed by atoms with E-state index in [1.54, 1.807) is 0 Å². The quantitative estimate of drug-likeness (QED) is 0.924. The van der Waals surface area contributed by atoms with Crippen LogP contribution in [0.15, 0.2) is 4.47 Å². The predicted octanol–water partition coefficient (Wildman–Crippen LogP) is 3.29. The van der Waals surface area contributed by atoms with Gasteiger partial charge >= 0.3 is 0 Å². The summed E-state index contributed by atoms with van der Waals surface area (Å²) in [6.45, 7) is 11.0. The average Bonchev–Trinajstić information content (AvgIpc) is 2.90. The highest BCUT2D eigenvalue weighted by atomic mass is 79.9. The van der Waals surface area contributed by atoms with Crippen molar-refractivity contribution in [2.75, 3.05) is 6.54 Å². The van der Waals surface area contributed by atoms with Gasteiger partial charge in [0.25, 0.3) is 0 Å². The highest BCUT2D eigenvalue weighted by Crippen LogP contribution is 2.34. The number of hydrogen-bond donors (Lipinski definition) is 1. The van der Waals surface area contributed by atoms with Crippen molar-refractivity contribution in [3.05, 3.63) is 15.9 Å². The first kappa shape index (κ1) is 14.1. The maximum absolute atomic E-state index is 4.60. The number of aromatic nitrogens is 2. The Morgan fingerprint density at radius 1 is 1.50 bits per heavy atom. The smallest absolute Gasteiger partial charge is 0.0738 e. The van der Waals surface area contributed by atoms with E-state index in [0.29, 0.717) is 5.92 Å². The van der Waals surface area contributed by atoms with Gasteiger partial charge in [-0.1, -0.05) is 13.8 Å². The van der Waals surface area contributed by atoms with Crippen LogP contribution in [0.4, 0.5) is 0 Å². The summed E-state index contributed by atoms with van der Waals surface area (Å²) in [6, 6.07) is 0. The van der Waals surface area contributed by atoms with E-state index >= 15 is 0 Å². The van der Waals surface area contributed by atoms with Crippen molar-refractivity contribution in [1.29, 1.82) is 0 Å². The number of nitrogens with one attached hydrogen (secondary N) is 1. The maximum Gasteiger partial charge on any atom is 0.0738 e. The summed E-state index contributed by atoms with van der Waals surface area (Å²) < 4.78 is 3.34. The van der Waals surface area contributed by atoms with E-state index < -0.39 is 0 Å². The predicted molar refractivity (Wildman–Crippen MR) is 78.8 cm³/mol. The molecule has 1 aromatic heterocycles. The first-order valence-electron chi connectivity index (χ1n) is 6.97. The third-order valence-corrected chi connectivity index (χ3v) is 5.35. The monoisotopic (exact) mass is 313 g/mol. The highest BCUT2D eigenvalue weighted by Gasteiger charge is 2.38. The summed E-state index contributed by atoms with van der Waals surface area (Å²) in [7, 11) is 0. The van der Waals surface area contributed by atoms with E-state index in [0.717, 1.165) is 25.2 Å². The average molecular weight is 314 g/mol. The minimum absolute atomic E-state index is 0.252. The fourth-order valence-electron chi connectivity index (χ4n) is 3.01. The highest BCUT2D eigenvalue weighted by molar-refractivity contribution is 9.10. The van der Waals surface area contributed by atoms with Crippen LogP contribution >= 0.6 is 15.9 Å².